The van der Waals surface area contributed by atoms with E-state index in [1.807, 2.05) is 0 Å². The maximum atomic E-state index is 13.2. The molecular weight excluding hydrogens is 255 g/mol. The molecule has 0 radical (unpaired) electrons. The normalized spacial score (nSPS) is 10.6. The van der Waals surface area contributed by atoms with Gasteiger partial charge < -0.3 is 5.11 Å². The number of carbonyl (C=O) groups is 1. The van der Waals surface area contributed by atoms with Gasteiger partial charge in [-0.25, -0.2) is 9.07 Å². The van der Waals surface area contributed by atoms with Gasteiger partial charge in [0.15, 0.2) is 0 Å². The minimum atomic E-state index is -0.898. The van der Waals surface area contributed by atoms with Crippen molar-refractivity contribution in [1.29, 1.82) is 0 Å². The summed E-state index contributed by atoms with van der Waals surface area (Å²) in [5.74, 6) is -1.31. The third-order valence-electron chi connectivity index (χ3n) is 2.20. The summed E-state index contributed by atoms with van der Waals surface area (Å²) in [7, 11) is 0. The van der Waals surface area contributed by atoms with Crippen LogP contribution in [0, 0.1) is 12.7 Å². The smallest absolute Gasteiger partial charge is 0.313 e. The van der Waals surface area contributed by atoms with Gasteiger partial charge in [0.2, 0.25) is 0 Å². The molecule has 18 heavy (non-hydrogen) atoms. The van der Waals surface area contributed by atoms with Crippen molar-refractivity contribution in [2.45, 2.75) is 11.9 Å². The summed E-state index contributed by atoms with van der Waals surface area (Å²) in [6.07, 6.45) is 0. The number of carboxylic acid groups (broad SMARTS) is 1. The molecule has 0 amide bonds. The Balaban J connectivity index is 2.35. The maximum Gasteiger partial charge on any atom is 0.313 e. The van der Waals surface area contributed by atoms with Crippen LogP contribution in [0.5, 0.6) is 0 Å². The Labute approximate surface area is 107 Å². The zero-order valence-corrected chi connectivity index (χ0v) is 10.4. The van der Waals surface area contributed by atoms with Gasteiger partial charge in [-0.1, -0.05) is 17.8 Å². The summed E-state index contributed by atoms with van der Waals surface area (Å²) in [5, 5.41) is 13.6. The van der Waals surface area contributed by atoms with Crippen molar-refractivity contribution in [3.05, 3.63) is 41.8 Å². The molecule has 0 saturated heterocycles. The van der Waals surface area contributed by atoms with Crippen LogP contribution in [0.4, 0.5) is 4.39 Å². The molecule has 0 fully saturated rings. The lowest BCUT2D eigenvalue weighted by Gasteiger charge is -2.05. The number of hydrogen-bond donors (Lipinski definition) is 1. The Hall–Kier alpha value is -1.82. The van der Waals surface area contributed by atoms with E-state index >= 15 is 0 Å². The predicted molar refractivity (Wildman–Crippen MR) is 66.6 cm³/mol. The first-order valence-electron chi connectivity index (χ1n) is 5.23. The fourth-order valence-corrected chi connectivity index (χ4v) is 2.30. The molecule has 1 aromatic heterocycles. The van der Waals surface area contributed by atoms with Gasteiger partial charge in [0.05, 0.1) is 17.1 Å². The van der Waals surface area contributed by atoms with Gasteiger partial charge in [0.1, 0.15) is 10.8 Å². The standard InChI is InChI=1S/C12H11FN2O2S/c1-8-5-11(18-7-12(16)17)15(14-8)10-4-2-3-9(13)6-10/h2-6H,7H2,1H3,(H,16,17). The van der Waals surface area contributed by atoms with Crippen molar-refractivity contribution in [2.24, 2.45) is 0 Å². The van der Waals surface area contributed by atoms with Gasteiger partial charge in [-0.15, -0.1) is 0 Å². The van der Waals surface area contributed by atoms with E-state index in [-0.39, 0.29) is 11.6 Å². The van der Waals surface area contributed by atoms with E-state index in [9.17, 15) is 9.18 Å². The largest absolute Gasteiger partial charge is 0.481 e. The van der Waals surface area contributed by atoms with Crippen molar-refractivity contribution in [1.82, 2.24) is 9.78 Å². The summed E-state index contributed by atoms with van der Waals surface area (Å²) in [6, 6.07) is 7.80. The Kier molecular flexibility index (Phi) is 3.66. The molecule has 2 rings (SSSR count). The molecule has 1 aromatic carbocycles. The summed E-state index contributed by atoms with van der Waals surface area (Å²) in [6.45, 7) is 1.81. The molecule has 4 nitrogen and oxygen atoms in total. The zero-order chi connectivity index (χ0) is 13.1. The van der Waals surface area contributed by atoms with Crippen LogP contribution < -0.4 is 0 Å². The quantitative estimate of drug-likeness (QED) is 0.864. The molecule has 1 heterocycles. The summed E-state index contributed by atoms with van der Waals surface area (Å²) in [5.41, 5.74) is 1.34. The van der Waals surface area contributed by atoms with Crippen molar-refractivity contribution < 1.29 is 14.3 Å². The number of aliphatic carboxylic acids is 1. The molecule has 0 saturated carbocycles. The number of rotatable bonds is 4. The fourth-order valence-electron chi connectivity index (χ4n) is 1.51. The van der Waals surface area contributed by atoms with E-state index in [0.717, 1.165) is 17.5 Å². The molecule has 0 aliphatic rings. The van der Waals surface area contributed by atoms with E-state index in [4.69, 9.17) is 5.11 Å². The van der Waals surface area contributed by atoms with Crippen LogP contribution in [0.1, 0.15) is 5.69 Å². The highest BCUT2D eigenvalue weighted by molar-refractivity contribution is 7.99. The topological polar surface area (TPSA) is 55.1 Å². The molecule has 94 valence electrons. The second-order valence-corrected chi connectivity index (χ2v) is 4.69. The van der Waals surface area contributed by atoms with Gasteiger partial charge in [-0.2, -0.15) is 5.10 Å². The van der Waals surface area contributed by atoms with E-state index < -0.39 is 5.97 Å². The first-order chi connectivity index (χ1) is 8.56. The Morgan fingerprint density at radius 3 is 2.94 bits per heavy atom. The van der Waals surface area contributed by atoms with Crippen LogP contribution in [0.3, 0.4) is 0 Å². The Bertz CT molecular complexity index is 583. The highest BCUT2D eigenvalue weighted by atomic mass is 32.2. The molecular formula is C12H11FN2O2S. The first-order valence-corrected chi connectivity index (χ1v) is 6.22. The number of thioether (sulfide) groups is 1. The third-order valence-corrected chi connectivity index (χ3v) is 3.17. The van der Waals surface area contributed by atoms with Crippen molar-refractivity contribution in [2.75, 3.05) is 5.75 Å². The van der Waals surface area contributed by atoms with Crippen molar-refractivity contribution in [3.8, 4) is 5.69 Å². The number of aromatic nitrogens is 2. The number of carboxylic acids is 1. The first kappa shape index (κ1) is 12.6. The molecule has 1 N–H and O–H groups in total. The number of halogens is 1. The monoisotopic (exact) mass is 266 g/mol. The number of aryl methyl sites for hydroxylation is 1. The van der Waals surface area contributed by atoms with Gasteiger partial charge in [0, 0.05) is 0 Å². The van der Waals surface area contributed by atoms with Gasteiger partial charge >= 0.3 is 5.97 Å². The number of hydrogen-bond acceptors (Lipinski definition) is 3. The minimum absolute atomic E-state index is 0.0551. The highest BCUT2D eigenvalue weighted by Crippen LogP contribution is 2.23. The van der Waals surface area contributed by atoms with Crippen LogP contribution in [-0.4, -0.2) is 26.6 Å². The SMILES string of the molecule is Cc1cc(SCC(=O)O)n(-c2cccc(F)c2)n1. The van der Waals surface area contributed by atoms with Crippen LogP contribution in [-0.2, 0) is 4.79 Å². The molecule has 0 aliphatic heterocycles. The number of benzene rings is 1. The number of nitrogens with zero attached hydrogens (tertiary/aromatic N) is 2. The van der Waals surface area contributed by atoms with Crippen LogP contribution in [0.25, 0.3) is 5.69 Å². The average molecular weight is 266 g/mol. The van der Waals surface area contributed by atoms with Crippen molar-refractivity contribution in [3.63, 3.8) is 0 Å². The van der Waals surface area contributed by atoms with Crippen LogP contribution >= 0.6 is 11.8 Å². The van der Waals surface area contributed by atoms with E-state index in [2.05, 4.69) is 5.10 Å². The van der Waals surface area contributed by atoms with Gasteiger partial charge in [0.25, 0.3) is 0 Å². The second kappa shape index (κ2) is 5.22. The van der Waals surface area contributed by atoms with E-state index in [1.165, 1.54) is 12.1 Å². The third kappa shape index (κ3) is 2.89. The molecule has 2 aromatic rings. The average Bonchev–Trinajstić information content (AvgIpc) is 2.68. The second-order valence-electron chi connectivity index (χ2n) is 3.70. The lowest BCUT2D eigenvalue weighted by molar-refractivity contribution is -0.133. The van der Waals surface area contributed by atoms with Crippen LogP contribution in [0.15, 0.2) is 35.4 Å². The molecule has 6 heteroatoms. The molecule has 0 aliphatic carbocycles. The Morgan fingerprint density at radius 1 is 1.50 bits per heavy atom. The molecule has 0 bridgehead atoms. The fraction of sp³-hybridized carbons (Fsp3) is 0.167. The molecule has 0 atom stereocenters. The Morgan fingerprint density at radius 2 is 2.28 bits per heavy atom. The maximum absolute atomic E-state index is 13.2. The van der Waals surface area contributed by atoms with Crippen LogP contribution in [0.2, 0.25) is 0 Å². The predicted octanol–water partition coefficient (Wildman–Crippen LogP) is 2.50. The van der Waals surface area contributed by atoms with Gasteiger partial charge in [-0.3, -0.25) is 4.79 Å². The lowest BCUT2D eigenvalue weighted by atomic mass is 10.3. The summed E-state index contributed by atoms with van der Waals surface area (Å²) < 4.78 is 14.7. The minimum Gasteiger partial charge on any atom is -0.481 e. The summed E-state index contributed by atoms with van der Waals surface area (Å²) in [4.78, 5) is 10.6. The van der Waals surface area contributed by atoms with E-state index in [1.54, 1.807) is 29.8 Å². The lowest BCUT2D eigenvalue weighted by Crippen LogP contribution is -2.02. The summed E-state index contributed by atoms with van der Waals surface area (Å²) >= 11 is 1.16. The van der Waals surface area contributed by atoms with E-state index in [0.29, 0.717) is 10.7 Å². The molecule has 0 unspecified atom stereocenters. The molecule has 0 spiro atoms. The highest BCUT2D eigenvalue weighted by Gasteiger charge is 2.10. The van der Waals surface area contributed by atoms with Crippen molar-refractivity contribution >= 4 is 17.7 Å². The zero-order valence-electron chi connectivity index (χ0n) is 9.63. The van der Waals surface area contributed by atoms with Gasteiger partial charge in [-0.05, 0) is 31.2 Å².